The molecular formula is C18H15N7OS2. The quantitative estimate of drug-likeness (QED) is 0.372. The van der Waals surface area contributed by atoms with Crippen molar-refractivity contribution < 1.29 is 4.79 Å². The summed E-state index contributed by atoms with van der Waals surface area (Å²) in [6.07, 6.45) is 3.32. The summed E-state index contributed by atoms with van der Waals surface area (Å²) >= 11 is 2.58. The fourth-order valence-electron chi connectivity index (χ4n) is 2.43. The van der Waals surface area contributed by atoms with Crippen LogP contribution in [0.15, 0.2) is 65.4 Å². The Kier molecular flexibility index (Phi) is 5.31. The molecule has 4 aromatic rings. The van der Waals surface area contributed by atoms with Crippen LogP contribution in [-0.4, -0.2) is 36.5 Å². The Morgan fingerprint density at radius 2 is 1.96 bits per heavy atom. The zero-order valence-corrected chi connectivity index (χ0v) is 16.2. The van der Waals surface area contributed by atoms with Crippen LogP contribution in [0.25, 0.3) is 22.6 Å². The van der Waals surface area contributed by atoms with E-state index in [1.165, 1.54) is 27.8 Å². The van der Waals surface area contributed by atoms with Crippen molar-refractivity contribution in [1.29, 1.82) is 0 Å². The summed E-state index contributed by atoms with van der Waals surface area (Å²) in [6.45, 7) is 0. The average molecular weight is 410 g/mol. The molecule has 140 valence electrons. The van der Waals surface area contributed by atoms with Gasteiger partial charge in [-0.25, -0.2) is 9.66 Å². The molecular weight excluding hydrogens is 394 g/mol. The summed E-state index contributed by atoms with van der Waals surface area (Å²) < 4.78 is 1.35. The van der Waals surface area contributed by atoms with E-state index < -0.39 is 0 Å². The van der Waals surface area contributed by atoms with E-state index >= 15 is 0 Å². The van der Waals surface area contributed by atoms with Crippen LogP contribution in [0.2, 0.25) is 0 Å². The van der Waals surface area contributed by atoms with Gasteiger partial charge in [-0.1, -0.05) is 42.1 Å². The van der Waals surface area contributed by atoms with Crippen molar-refractivity contribution in [2.75, 3.05) is 16.9 Å². The van der Waals surface area contributed by atoms with Gasteiger partial charge in [0.1, 0.15) is 0 Å². The Morgan fingerprint density at radius 1 is 1.14 bits per heavy atom. The number of thioether (sulfide) groups is 1. The number of rotatable bonds is 6. The van der Waals surface area contributed by atoms with Gasteiger partial charge in [0.05, 0.1) is 11.4 Å². The number of amides is 1. The van der Waals surface area contributed by atoms with Crippen molar-refractivity contribution in [2.24, 2.45) is 0 Å². The minimum atomic E-state index is -0.190. The first kappa shape index (κ1) is 18.1. The molecule has 0 aliphatic rings. The van der Waals surface area contributed by atoms with Crippen molar-refractivity contribution >= 4 is 34.1 Å². The van der Waals surface area contributed by atoms with Gasteiger partial charge in [0.25, 0.3) is 0 Å². The molecule has 0 saturated heterocycles. The number of benzene rings is 1. The number of nitrogens with zero attached hydrogens (tertiary/aromatic N) is 5. The van der Waals surface area contributed by atoms with Crippen LogP contribution in [0, 0.1) is 0 Å². The molecule has 10 heteroatoms. The van der Waals surface area contributed by atoms with E-state index in [0.29, 0.717) is 16.1 Å². The Bertz CT molecular complexity index is 1080. The number of anilines is 1. The van der Waals surface area contributed by atoms with Gasteiger partial charge in [-0.15, -0.1) is 21.5 Å². The number of carbonyl (C=O) groups is 1. The van der Waals surface area contributed by atoms with Gasteiger partial charge in [-0.3, -0.25) is 9.78 Å². The van der Waals surface area contributed by atoms with Crippen molar-refractivity contribution in [3.63, 3.8) is 0 Å². The Labute approximate surface area is 168 Å². The number of hydrogen-bond acceptors (Lipinski definition) is 8. The fourth-order valence-corrected chi connectivity index (χ4v) is 3.82. The van der Waals surface area contributed by atoms with Gasteiger partial charge in [0.2, 0.25) is 11.1 Å². The summed E-state index contributed by atoms with van der Waals surface area (Å²) in [5.41, 5.74) is 2.59. The number of nitrogens with two attached hydrogens (primary N) is 1. The van der Waals surface area contributed by atoms with Crippen molar-refractivity contribution in [3.05, 3.63) is 60.2 Å². The standard InChI is InChI=1S/C18H15N7OS2/c19-25-16(13-7-4-8-20-9-13)23-24-18(25)28-11-15(26)22-17-21-14(10-27-17)12-5-2-1-3-6-12/h1-10H,11,19H2,(H,21,22,26). The summed E-state index contributed by atoms with van der Waals surface area (Å²) in [5, 5.41) is 13.8. The smallest absolute Gasteiger partial charge is 0.236 e. The highest BCUT2D eigenvalue weighted by molar-refractivity contribution is 7.99. The summed E-state index contributed by atoms with van der Waals surface area (Å²) in [4.78, 5) is 20.7. The molecule has 3 N–H and O–H groups in total. The van der Waals surface area contributed by atoms with Crippen LogP contribution in [0.3, 0.4) is 0 Å². The van der Waals surface area contributed by atoms with Gasteiger partial charge >= 0.3 is 0 Å². The number of nitrogen functional groups attached to an aromatic ring is 1. The predicted molar refractivity (Wildman–Crippen MR) is 110 cm³/mol. The highest BCUT2D eigenvalue weighted by Gasteiger charge is 2.14. The first-order valence-corrected chi connectivity index (χ1v) is 10.1. The number of carbonyl (C=O) groups excluding carboxylic acids is 1. The normalized spacial score (nSPS) is 10.7. The van der Waals surface area contributed by atoms with Crippen molar-refractivity contribution in [1.82, 2.24) is 24.8 Å². The molecule has 0 radical (unpaired) electrons. The van der Waals surface area contributed by atoms with Gasteiger partial charge in [0.15, 0.2) is 11.0 Å². The van der Waals surface area contributed by atoms with E-state index in [-0.39, 0.29) is 11.7 Å². The lowest BCUT2D eigenvalue weighted by molar-refractivity contribution is -0.113. The van der Waals surface area contributed by atoms with E-state index in [1.807, 2.05) is 41.8 Å². The number of hydrogen-bond donors (Lipinski definition) is 2. The molecule has 0 spiro atoms. The Morgan fingerprint density at radius 3 is 2.75 bits per heavy atom. The molecule has 0 saturated carbocycles. The third-order valence-corrected chi connectivity index (χ3v) is 5.44. The third kappa shape index (κ3) is 4.02. The second-order valence-electron chi connectivity index (χ2n) is 5.66. The lowest BCUT2D eigenvalue weighted by Gasteiger charge is -2.03. The minimum absolute atomic E-state index is 0.141. The van der Waals surface area contributed by atoms with Crippen molar-refractivity contribution in [3.8, 4) is 22.6 Å². The molecule has 4 rings (SSSR count). The molecule has 0 aliphatic carbocycles. The zero-order chi connectivity index (χ0) is 19.3. The maximum absolute atomic E-state index is 12.2. The van der Waals surface area contributed by atoms with Crippen LogP contribution >= 0.6 is 23.1 Å². The lowest BCUT2D eigenvalue weighted by Crippen LogP contribution is -2.16. The fraction of sp³-hybridized carbons (Fsp3) is 0.0556. The lowest BCUT2D eigenvalue weighted by atomic mass is 10.2. The number of aromatic nitrogens is 5. The van der Waals surface area contributed by atoms with E-state index in [0.717, 1.165) is 16.8 Å². The Balaban J connectivity index is 1.37. The highest BCUT2D eigenvalue weighted by Crippen LogP contribution is 2.25. The second kappa shape index (κ2) is 8.19. The van der Waals surface area contributed by atoms with Gasteiger partial charge < -0.3 is 11.2 Å². The minimum Gasteiger partial charge on any atom is -0.335 e. The summed E-state index contributed by atoms with van der Waals surface area (Å²) in [6, 6.07) is 13.4. The molecule has 0 fully saturated rings. The molecule has 8 nitrogen and oxygen atoms in total. The monoisotopic (exact) mass is 409 g/mol. The van der Waals surface area contributed by atoms with Gasteiger partial charge in [-0.05, 0) is 12.1 Å². The molecule has 0 unspecified atom stereocenters. The maximum atomic E-state index is 12.2. The highest BCUT2D eigenvalue weighted by atomic mass is 32.2. The molecule has 3 heterocycles. The number of thiazole rings is 1. The van der Waals surface area contributed by atoms with Gasteiger partial charge in [0, 0.05) is 28.9 Å². The average Bonchev–Trinajstić information content (AvgIpc) is 3.34. The van der Waals surface area contributed by atoms with E-state index in [9.17, 15) is 4.79 Å². The largest absolute Gasteiger partial charge is 0.335 e. The van der Waals surface area contributed by atoms with E-state index in [1.54, 1.807) is 18.5 Å². The van der Waals surface area contributed by atoms with Crippen molar-refractivity contribution in [2.45, 2.75) is 5.16 Å². The van der Waals surface area contributed by atoms with Crippen LogP contribution < -0.4 is 11.2 Å². The molecule has 1 amide bonds. The Hall–Kier alpha value is -3.24. The summed E-state index contributed by atoms with van der Waals surface area (Å²) in [5.74, 6) is 6.48. The summed E-state index contributed by atoms with van der Waals surface area (Å²) in [7, 11) is 0. The van der Waals surface area contributed by atoms with Crippen LogP contribution in [-0.2, 0) is 4.79 Å². The number of nitrogens with one attached hydrogen (secondary N) is 1. The van der Waals surface area contributed by atoms with Crippen LogP contribution in [0.4, 0.5) is 5.13 Å². The molecule has 0 aliphatic heterocycles. The van der Waals surface area contributed by atoms with E-state index in [2.05, 4.69) is 25.5 Å². The molecule has 28 heavy (non-hydrogen) atoms. The molecule has 0 atom stereocenters. The molecule has 1 aromatic carbocycles. The SMILES string of the molecule is Nn1c(SCC(=O)Nc2nc(-c3ccccc3)cs2)nnc1-c1cccnc1. The topological polar surface area (TPSA) is 112 Å². The maximum Gasteiger partial charge on any atom is 0.236 e. The van der Waals surface area contributed by atoms with E-state index in [4.69, 9.17) is 5.84 Å². The second-order valence-corrected chi connectivity index (χ2v) is 7.46. The predicted octanol–water partition coefficient (Wildman–Crippen LogP) is 2.91. The first-order valence-electron chi connectivity index (χ1n) is 8.25. The zero-order valence-electron chi connectivity index (χ0n) is 14.5. The van der Waals surface area contributed by atoms with Gasteiger partial charge in [-0.2, -0.15) is 0 Å². The van der Waals surface area contributed by atoms with Crippen LogP contribution in [0.1, 0.15) is 0 Å². The molecule has 0 bridgehead atoms. The first-order chi connectivity index (χ1) is 13.7. The third-order valence-electron chi connectivity index (χ3n) is 3.74. The molecule has 3 aromatic heterocycles. The number of pyridine rings is 1. The van der Waals surface area contributed by atoms with Crippen LogP contribution in [0.5, 0.6) is 0 Å².